The Morgan fingerprint density at radius 1 is 1.03 bits per heavy atom. The average Bonchev–Trinajstić information content (AvgIpc) is 2.64. The minimum absolute atomic E-state index is 0.00778. The molecule has 0 unspecified atom stereocenters. The van der Waals surface area contributed by atoms with Gasteiger partial charge in [-0.1, -0.05) is 6.07 Å². The van der Waals surface area contributed by atoms with Crippen molar-refractivity contribution in [3.05, 3.63) is 23.8 Å². The molecule has 0 atom stereocenters. The number of hydrogen-bond acceptors (Lipinski definition) is 13. The molecule has 0 fully saturated rings. The quantitative estimate of drug-likeness (QED) is 0.137. The van der Waals surface area contributed by atoms with Crippen LogP contribution in [0, 0.1) is 0 Å². The second kappa shape index (κ2) is 9.88. The molecule has 0 spiro atoms. The summed E-state index contributed by atoms with van der Waals surface area (Å²) in [6, 6.07) is 3.35. The van der Waals surface area contributed by atoms with E-state index in [0.717, 1.165) is 25.5 Å². The molecule has 2 aromatic rings. The molecule has 0 saturated carbocycles. The Morgan fingerprint density at radius 2 is 1.69 bits per heavy atom. The van der Waals surface area contributed by atoms with Crippen LogP contribution >= 0.6 is 0 Å². The summed E-state index contributed by atoms with van der Waals surface area (Å²) < 4.78 is 84.7. The van der Waals surface area contributed by atoms with Crippen LogP contribution in [0.2, 0.25) is 0 Å². The van der Waals surface area contributed by atoms with Crippen molar-refractivity contribution in [3.8, 4) is 0 Å². The van der Waals surface area contributed by atoms with Crippen molar-refractivity contribution in [3.63, 3.8) is 0 Å². The molecule has 1 heterocycles. The zero-order valence-corrected chi connectivity index (χ0v) is 19.3. The van der Waals surface area contributed by atoms with Crippen molar-refractivity contribution in [1.82, 2.24) is 19.7 Å². The Bertz CT molecular complexity index is 1300. The molecule has 32 heavy (non-hydrogen) atoms. The summed E-state index contributed by atoms with van der Waals surface area (Å²) in [5, 5.41) is 5.36. The van der Waals surface area contributed by atoms with E-state index in [-0.39, 0.29) is 47.1 Å². The molecular formula is C14H21N7O8S3. The van der Waals surface area contributed by atoms with E-state index in [1.54, 1.807) is 0 Å². The lowest BCUT2D eigenvalue weighted by Gasteiger charge is -2.13. The van der Waals surface area contributed by atoms with Crippen molar-refractivity contribution in [2.45, 2.75) is 10.6 Å². The van der Waals surface area contributed by atoms with Gasteiger partial charge in [0.05, 0.1) is 18.3 Å². The van der Waals surface area contributed by atoms with Gasteiger partial charge in [-0.05, 0) is 17.7 Å². The second-order valence-corrected chi connectivity index (χ2v) is 11.2. The Hall–Kier alpha value is -2.64. The lowest BCUT2D eigenvalue weighted by Crippen LogP contribution is -2.28. The summed E-state index contributed by atoms with van der Waals surface area (Å²) in [4.78, 5) is 11.4. The minimum atomic E-state index is -4.46. The maximum absolute atomic E-state index is 12.0. The largest absolute Gasteiger partial charge is 0.368 e. The first kappa shape index (κ1) is 25.6. The summed E-state index contributed by atoms with van der Waals surface area (Å²) in [6.45, 7) is 0.133. The third-order valence-corrected chi connectivity index (χ3v) is 6.27. The molecule has 2 rings (SSSR count). The lowest BCUT2D eigenvalue weighted by molar-refractivity contribution is 0.398. The number of benzene rings is 1. The number of hydrogen-bond donors (Lipinski definition) is 5. The maximum Gasteiger partial charge on any atom is 0.296 e. The molecule has 6 N–H and O–H groups in total. The van der Waals surface area contributed by atoms with Gasteiger partial charge < -0.3 is 16.4 Å². The van der Waals surface area contributed by atoms with E-state index in [9.17, 15) is 29.8 Å². The Morgan fingerprint density at radius 3 is 2.28 bits per heavy atom. The highest BCUT2D eigenvalue weighted by Crippen LogP contribution is 2.26. The van der Waals surface area contributed by atoms with Gasteiger partial charge in [0.25, 0.3) is 20.2 Å². The van der Waals surface area contributed by atoms with Gasteiger partial charge in [0.2, 0.25) is 27.9 Å². The highest BCUT2D eigenvalue weighted by Gasteiger charge is 2.19. The Balaban J connectivity index is 2.35. The van der Waals surface area contributed by atoms with Gasteiger partial charge in [0.15, 0.2) is 0 Å². The predicted molar refractivity (Wildman–Crippen MR) is 115 cm³/mol. The van der Waals surface area contributed by atoms with E-state index in [2.05, 4.69) is 34.5 Å². The number of sulfonamides is 1. The first-order valence-electron chi connectivity index (χ1n) is 8.54. The molecule has 178 valence electrons. The summed E-state index contributed by atoms with van der Waals surface area (Å²) in [7, 11) is -11.0. The molecule has 18 heteroatoms. The second-order valence-electron chi connectivity index (χ2n) is 6.23. The van der Waals surface area contributed by atoms with Crippen molar-refractivity contribution in [2.24, 2.45) is 0 Å². The van der Waals surface area contributed by atoms with Crippen LogP contribution in [-0.4, -0.2) is 71.2 Å². The molecule has 0 aliphatic heterocycles. The molecule has 0 aliphatic rings. The maximum atomic E-state index is 12.0. The summed E-state index contributed by atoms with van der Waals surface area (Å²) in [5.74, 6) is -1.28. The van der Waals surface area contributed by atoms with Crippen LogP contribution in [0.5, 0.6) is 0 Å². The molecule has 0 saturated heterocycles. The van der Waals surface area contributed by atoms with Crippen LogP contribution in [0.25, 0.3) is 0 Å². The number of nitrogen functional groups attached to an aromatic ring is 1. The summed E-state index contributed by atoms with van der Waals surface area (Å²) in [6.07, 6.45) is 0.998. The predicted octanol–water partition coefficient (Wildman–Crippen LogP) is -1.12. The summed E-state index contributed by atoms with van der Waals surface area (Å²) >= 11 is 0. The van der Waals surface area contributed by atoms with Crippen molar-refractivity contribution in [1.29, 1.82) is 0 Å². The fourth-order valence-corrected chi connectivity index (χ4v) is 4.11. The van der Waals surface area contributed by atoms with Crippen LogP contribution < -0.4 is 21.1 Å². The third kappa shape index (κ3) is 8.13. The van der Waals surface area contributed by atoms with Crippen LogP contribution in [0.15, 0.2) is 23.1 Å². The number of nitrogens with zero attached hydrogens (tertiary/aromatic N) is 3. The topological polar surface area (TPSA) is 233 Å². The van der Waals surface area contributed by atoms with Gasteiger partial charge >= 0.3 is 0 Å². The third-order valence-electron chi connectivity index (χ3n) is 3.60. The standard InChI is InChI=1S/C14H21N7O8S3/c1-29-32(27,28)10-4-3-9(8-31(24,25)26)11(7-10)18-14-20-12(15)19-13(21-14)16-5-6-17-30(2,22)23/h3-4,7,17H,5-6,8H2,1-2H3,(H,24,25,26)(H4,15,16,18,19,20,21). The number of aromatic nitrogens is 3. The van der Waals surface area contributed by atoms with Crippen LogP contribution in [0.3, 0.4) is 0 Å². The van der Waals surface area contributed by atoms with Gasteiger partial charge in [-0.25, -0.2) is 13.1 Å². The number of anilines is 4. The van der Waals surface area contributed by atoms with Gasteiger partial charge in [-0.2, -0.15) is 31.8 Å². The molecule has 1 aromatic carbocycles. The molecule has 1 aromatic heterocycles. The first-order chi connectivity index (χ1) is 14.7. The van der Waals surface area contributed by atoms with Crippen molar-refractivity contribution in [2.75, 3.05) is 42.8 Å². The van der Waals surface area contributed by atoms with Crippen molar-refractivity contribution < 1.29 is 34.0 Å². The van der Waals surface area contributed by atoms with E-state index >= 15 is 0 Å². The molecule has 0 radical (unpaired) electrons. The minimum Gasteiger partial charge on any atom is -0.368 e. The van der Waals surface area contributed by atoms with Gasteiger partial charge in [-0.15, -0.1) is 0 Å². The highest BCUT2D eigenvalue weighted by atomic mass is 32.2. The van der Waals surface area contributed by atoms with Crippen molar-refractivity contribution >= 4 is 53.8 Å². The molecule has 15 nitrogen and oxygen atoms in total. The Kier molecular flexibility index (Phi) is 7.91. The molecule has 0 bridgehead atoms. The molecular weight excluding hydrogens is 490 g/mol. The zero-order chi connectivity index (χ0) is 24.2. The monoisotopic (exact) mass is 511 g/mol. The SMILES string of the molecule is COS(=O)(=O)c1ccc(CS(=O)(=O)O)c(Nc2nc(N)nc(NCCNS(C)(=O)=O)n2)c1. The fraction of sp³-hybridized carbons (Fsp3) is 0.357. The summed E-state index contributed by atoms with van der Waals surface area (Å²) in [5.41, 5.74) is 5.59. The zero-order valence-electron chi connectivity index (χ0n) is 16.8. The van der Waals surface area contributed by atoms with Gasteiger partial charge in [-0.3, -0.25) is 8.74 Å². The highest BCUT2D eigenvalue weighted by molar-refractivity contribution is 7.88. The Labute approximate surface area is 184 Å². The first-order valence-corrected chi connectivity index (χ1v) is 13.5. The van der Waals surface area contributed by atoms with E-state index in [4.69, 9.17) is 5.73 Å². The van der Waals surface area contributed by atoms with E-state index in [0.29, 0.717) is 0 Å². The smallest absolute Gasteiger partial charge is 0.296 e. The molecule has 0 aliphatic carbocycles. The average molecular weight is 512 g/mol. The van der Waals surface area contributed by atoms with E-state index in [1.807, 2.05) is 0 Å². The molecule has 0 amide bonds. The van der Waals surface area contributed by atoms with Gasteiger partial charge in [0.1, 0.15) is 5.75 Å². The van der Waals surface area contributed by atoms with E-state index in [1.165, 1.54) is 6.07 Å². The van der Waals surface area contributed by atoms with Crippen LogP contribution in [-0.2, 0) is 40.2 Å². The van der Waals surface area contributed by atoms with Gasteiger partial charge in [0, 0.05) is 18.8 Å². The fourth-order valence-electron chi connectivity index (χ4n) is 2.30. The van der Waals surface area contributed by atoms with Crippen LogP contribution in [0.4, 0.5) is 23.5 Å². The van der Waals surface area contributed by atoms with Crippen LogP contribution in [0.1, 0.15) is 5.56 Å². The number of nitrogens with one attached hydrogen (secondary N) is 3. The number of rotatable bonds is 11. The normalized spacial score (nSPS) is 12.5. The van der Waals surface area contributed by atoms with E-state index < -0.39 is 36.0 Å². The number of nitrogens with two attached hydrogens (primary N) is 1. The lowest BCUT2D eigenvalue weighted by atomic mass is 10.2.